The van der Waals surface area contributed by atoms with Crippen molar-refractivity contribution in [3.05, 3.63) is 42.7 Å². The molecule has 0 aliphatic heterocycles. The molecule has 0 spiro atoms. The molecule has 1 amide bonds. The summed E-state index contributed by atoms with van der Waals surface area (Å²) < 4.78 is 4.96. The summed E-state index contributed by atoms with van der Waals surface area (Å²) in [6, 6.07) is 6.73. The standard InChI is InChI=1S/C9H9NO2/c1-2-12-8-6-4-3-5-7(8)9(10)11/h2-6H,1H2,(H2,10,11). The van der Waals surface area contributed by atoms with Gasteiger partial charge in [0.25, 0.3) is 5.91 Å². The highest BCUT2D eigenvalue weighted by Gasteiger charge is 2.06. The van der Waals surface area contributed by atoms with Gasteiger partial charge in [0.2, 0.25) is 0 Å². The molecule has 12 heavy (non-hydrogen) atoms. The number of primary amides is 1. The van der Waals surface area contributed by atoms with Crippen LogP contribution in [0.3, 0.4) is 0 Å². The van der Waals surface area contributed by atoms with Crippen molar-refractivity contribution in [1.29, 1.82) is 0 Å². The lowest BCUT2D eigenvalue weighted by atomic mass is 10.2. The lowest BCUT2D eigenvalue weighted by Crippen LogP contribution is -2.11. The van der Waals surface area contributed by atoms with E-state index in [1.54, 1.807) is 24.3 Å². The Balaban J connectivity index is 3.07. The second-order valence-corrected chi connectivity index (χ2v) is 2.14. The van der Waals surface area contributed by atoms with Gasteiger partial charge in [0.1, 0.15) is 5.75 Å². The van der Waals surface area contributed by atoms with E-state index in [1.165, 1.54) is 6.26 Å². The Morgan fingerprint density at radius 1 is 1.50 bits per heavy atom. The third kappa shape index (κ3) is 1.63. The van der Waals surface area contributed by atoms with Gasteiger partial charge in [-0.25, -0.2) is 0 Å². The lowest BCUT2D eigenvalue weighted by molar-refractivity contribution is 0.0998. The van der Waals surface area contributed by atoms with Crippen molar-refractivity contribution in [3.8, 4) is 5.75 Å². The van der Waals surface area contributed by atoms with E-state index in [1.807, 2.05) is 0 Å². The number of hydrogen-bond acceptors (Lipinski definition) is 2. The summed E-state index contributed by atoms with van der Waals surface area (Å²) in [6.07, 6.45) is 1.25. The van der Waals surface area contributed by atoms with Crippen LogP contribution >= 0.6 is 0 Å². The quantitative estimate of drug-likeness (QED) is 0.683. The van der Waals surface area contributed by atoms with Gasteiger partial charge in [-0.1, -0.05) is 18.7 Å². The molecular weight excluding hydrogens is 154 g/mol. The first-order chi connectivity index (χ1) is 5.75. The van der Waals surface area contributed by atoms with Crippen molar-refractivity contribution in [2.24, 2.45) is 5.73 Å². The Kier molecular flexibility index (Phi) is 2.48. The van der Waals surface area contributed by atoms with Crippen LogP contribution in [0, 0.1) is 0 Å². The molecule has 1 rings (SSSR count). The number of amides is 1. The molecule has 0 aliphatic rings. The fourth-order valence-electron chi connectivity index (χ4n) is 0.863. The van der Waals surface area contributed by atoms with Gasteiger partial charge in [0, 0.05) is 0 Å². The largest absolute Gasteiger partial charge is 0.465 e. The van der Waals surface area contributed by atoms with Gasteiger partial charge in [-0.2, -0.15) is 0 Å². The van der Waals surface area contributed by atoms with Gasteiger partial charge in [-0.15, -0.1) is 0 Å². The van der Waals surface area contributed by atoms with Crippen molar-refractivity contribution in [2.75, 3.05) is 0 Å². The number of hydrogen-bond donors (Lipinski definition) is 1. The monoisotopic (exact) mass is 163 g/mol. The minimum absolute atomic E-state index is 0.359. The summed E-state index contributed by atoms with van der Waals surface area (Å²) in [5.74, 6) is -0.0764. The van der Waals surface area contributed by atoms with Crippen LogP contribution in [0.15, 0.2) is 37.1 Å². The summed E-state index contributed by atoms with van der Waals surface area (Å²) in [7, 11) is 0. The van der Waals surface area contributed by atoms with Crippen LogP contribution < -0.4 is 10.5 Å². The van der Waals surface area contributed by atoms with Crippen LogP contribution in [0.4, 0.5) is 0 Å². The minimum atomic E-state index is -0.507. The molecule has 3 heteroatoms. The molecule has 62 valence electrons. The van der Waals surface area contributed by atoms with E-state index >= 15 is 0 Å². The molecule has 0 unspecified atom stereocenters. The highest BCUT2D eigenvalue weighted by molar-refractivity contribution is 5.95. The molecule has 0 fully saturated rings. The zero-order valence-electron chi connectivity index (χ0n) is 6.49. The van der Waals surface area contributed by atoms with E-state index in [2.05, 4.69) is 6.58 Å². The molecular formula is C9H9NO2. The Bertz CT molecular complexity index is 307. The van der Waals surface area contributed by atoms with E-state index < -0.39 is 5.91 Å². The van der Waals surface area contributed by atoms with Gasteiger partial charge in [0.05, 0.1) is 11.8 Å². The molecule has 3 nitrogen and oxygen atoms in total. The average Bonchev–Trinajstić information content (AvgIpc) is 2.05. The number of ether oxygens (including phenoxy) is 1. The maximum Gasteiger partial charge on any atom is 0.252 e. The molecule has 0 heterocycles. The maximum absolute atomic E-state index is 10.8. The molecule has 0 radical (unpaired) electrons. The van der Waals surface area contributed by atoms with Crippen molar-refractivity contribution in [3.63, 3.8) is 0 Å². The van der Waals surface area contributed by atoms with Gasteiger partial charge in [-0.3, -0.25) is 4.79 Å². The first-order valence-corrected chi connectivity index (χ1v) is 3.42. The SMILES string of the molecule is C=COc1ccccc1C(N)=O. The van der Waals surface area contributed by atoms with E-state index in [0.717, 1.165) is 0 Å². The fraction of sp³-hybridized carbons (Fsp3) is 0. The Hall–Kier alpha value is -1.77. The van der Waals surface area contributed by atoms with Crippen LogP contribution in [0.2, 0.25) is 0 Å². The van der Waals surface area contributed by atoms with Crippen LogP contribution in [-0.4, -0.2) is 5.91 Å². The topological polar surface area (TPSA) is 52.3 Å². The number of nitrogens with two attached hydrogens (primary N) is 1. The molecule has 0 bridgehead atoms. The third-order valence-corrected chi connectivity index (χ3v) is 1.36. The minimum Gasteiger partial charge on any atom is -0.465 e. The highest BCUT2D eigenvalue weighted by atomic mass is 16.5. The van der Waals surface area contributed by atoms with E-state index in [0.29, 0.717) is 11.3 Å². The van der Waals surface area contributed by atoms with Gasteiger partial charge < -0.3 is 10.5 Å². The smallest absolute Gasteiger partial charge is 0.252 e. The van der Waals surface area contributed by atoms with Crippen molar-refractivity contribution in [2.45, 2.75) is 0 Å². The summed E-state index contributed by atoms with van der Waals surface area (Å²) in [5.41, 5.74) is 5.45. The van der Waals surface area contributed by atoms with E-state index in [-0.39, 0.29) is 0 Å². The van der Waals surface area contributed by atoms with Gasteiger partial charge in [0.15, 0.2) is 0 Å². The molecule has 1 aromatic rings. The molecule has 0 aliphatic carbocycles. The van der Waals surface area contributed by atoms with Crippen LogP contribution in [0.25, 0.3) is 0 Å². The number of para-hydroxylation sites is 1. The highest BCUT2D eigenvalue weighted by Crippen LogP contribution is 2.16. The zero-order valence-corrected chi connectivity index (χ0v) is 6.49. The first-order valence-electron chi connectivity index (χ1n) is 3.42. The maximum atomic E-state index is 10.8. The number of rotatable bonds is 3. The lowest BCUT2D eigenvalue weighted by Gasteiger charge is -2.03. The van der Waals surface area contributed by atoms with Gasteiger partial charge >= 0.3 is 0 Å². The van der Waals surface area contributed by atoms with Crippen molar-refractivity contribution >= 4 is 5.91 Å². The molecule has 0 saturated carbocycles. The second-order valence-electron chi connectivity index (χ2n) is 2.14. The Morgan fingerprint density at radius 3 is 2.75 bits per heavy atom. The Morgan fingerprint density at radius 2 is 2.17 bits per heavy atom. The third-order valence-electron chi connectivity index (χ3n) is 1.36. The van der Waals surface area contributed by atoms with Crippen molar-refractivity contribution in [1.82, 2.24) is 0 Å². The van der Waals surface area contributed by atoms with E-state index in [9.17, 15) is 4.79 Å². The molecule has 0 atom stereocenters. The summed E-state index contributed by atoms with van der Waals surface area (Å²) in [4.78, 5) is 10.8. The van der Waals surface area contributed by atoms with Crippen LogP contribution in [-0.2, 0) is 0 Å². The summed E-state index contributed by atoms with van der Waals surface area (Å²) in [5, 5.41) is 0. The first kappa shape index (κ1) is 8.33. The van der Waals surface area contributed by atoms with Gasteiger partial charge in [-0.05, 0) is 12.1 Å². The second kappa shape index (κ2) is 3.57. The zero-order chi connectivity index (χ0) is 8.97. The number of carbonyl (C=O) groups is 1. The number of carbonyl (C=O) groups excluding carboxylic acids is 1. The molecule has 2 N–H and O–H groups in total. The predicted octanol–water partition coefficient (Wildman–Crippen LogP) is 1.31. The normalized spacial score (nSPS) is 9.00. The number of benzene rings is 1. The molecule has 0 aromatic heterocycles. The summed E-state index contributed by atoms with van der Waals surface area (Å²) in [6.45, 7) is 3.38. The Labute approximate surface area is 70.5 Å². The summed E-state index contributed by atoms with van der Waals surface area (Å²) >= 11 is 0. The fourth-order valence-corrected chi connectivity index (χ4v) is 0.863. The van der Waals surface area contributed by atoms with Crippen molar-refractivity contribution < 1.29 is 9.53 Å². The molecule has 1 aromatic carbocycles. The molecule has 0 saturated heterocycles. The van der Waals surface area contributed by atoms with Crippen LogP contribution in [0.5, 0.6) is 5.75 Å². The van der Waals surface area contributed by atoms with Crippen LogP contribution in [0.1, 0.15) is 10.4 Å². The van der Waals surface area contributed by atoms with E-state index in [4.69, 9.17) is 10.5 Å². The average molecular weight is 163 g/mol. The predicted molar refractivity (Wildman–Crippen MR) is 45.8 cm³/mol.